The summed E-state index contributed by atoms with van der Waals surface area (Å²) in [7, 11) is 0. The summed E-state index contributed by atoms with van der Waals surface area (Å²) in [5, 5.41) is 1.69. The van der Waals surface area contributed by atoms with Crippen LogP contribution in [-0.4, -0.2) is 4.57 Å². The number of hydrogen-bond acceptors (Lipinski definition) is 1. The molecule has 1 nitrogen and oxygen atoms in total. The summed E-state index contributed by atoms with van der Waals surface area (Å²) in [5.41, 5.74) is 5.21. The van der Waals surface area contributed by atoms with Crippen LogP contribution in [0.1, 0.15) is 34.9 Å². The normalized spacial score (nSPS) is 12.3. The lowest BCUT2D eigenvalue weighted by Gasteiger charge is -2.21. The van der Waals surface area contributed by atoms with Crippen molar-refractivity contribution >= 4 is 22.7 Å². The third-order valence-electron chi connectivity index (χ3n) is 5.79. The van der Waals surface area contributed by atoms with Crippen molar-refractivity contribution in [1.29, 1.82) is 0 Å². The number of rotatable bonds is 6. The molecular weight excluding hydrogens is 394 g/mol. The summed E-state index contributed by atoms with van der Waals surface area (Å²) in [6.07, 6.45) is 2.35. The molecule has 0 bridgehead atoms. The average molecular weight is 420 g/mol. The average Bonchev–Trinajstić information content (AvgIpc) is 3.19. The Kier molecular flexibility index (Phi) is 5.64. The van der Waals surface area contributed by atoms with Crippen molar-refractivity contribution in [2.24, 2.45) is 0 Å². The molecule has 2 heteroatoms. The zero-order valence-corrected chi connectivity index (χ0v) is 18.4. The zero-order chi connectivity index (χ0) is 21.0. The fourth-order valence-electron chi connectivity index (χ4n) is 4.25. The van der Waals surface area contributed by atoms with E-state index < -0.39 is 0 Å². The Balaban J connectivity index is 1.64. The minimum atomic E-state index is 0.133. The van der Waals surface area contributed by atoms with Crippen LogP contribution in [0.4, 0.5) is 0 Å². The smallest absolute Gasteiger partial charge is 0.0839 e. The molecular formula is C29H25NS. The van der Waals surface area contributed by atoms with Gasteiger partial charge in [-0.2, -0.15) is 0 Å². The summed E-state index contributed by atoms with van der Waals surface area (Å²) in [6, 6.07) is 41.3. The van der Waals surface area contributed by atoms with Crippen LogP contribution in [0.15, 0.2) is 126 Å². The number of fused-ring (bicyclic) bond motifs is 1. The first-order valence-corrected chi connectivity index (χ1v) is 11.6. The highest BCUT2D eigenvalue weighted by Crippen LogP contribution is 2.41. The lowest BCUT2D eigenvalue weighted by Crippen LogP contribution is -2.11. The van der Waals surface area contributed by atoms with E-state index in [1.165, 1.54) is 32.5 Å². The van der Waals surface area contributed by atoms with Crippen LogP contribution in [-0.2, 0) is 0 Å². The summed E-state index contributed by atoms with van der Waals surface area (Å²) in [6.45, 7) is 2.29. The van der Waals surface area contributed by atoms with Gasteiger partial charge in [0.2, 0.25) is 0 Å². The third kappa shape index (κ3) is 4.04. The van der Waals surface area contributed by atoms with Crippen LogP contribution in [0.3, 0.4) is 0 Å². The number of para-hydroxylation sites is 1. The number of benzene rings is 4. The van der Waals surface area contributed by atoms with Crippen LogP contribution < -0.4 is 0 Å². The Morgan fingerprint density at radius 1 is 0.581 bits per heavy atom. The minimum Gasteiger partial charge on any atom is -0.335 e. The molecule has 1 heterocycles. The zero-order valence-electron chi connectivity index (χ0n) is 17.6. The molecule has 0 N–H and O–H groups in total. The molecule has 1 aromatic heterocycles. The van der Waals surface area contributed by atoms with Crippen LogP contribution in [0, 0.1) is 0 Å². The van der Waals surface area contributed by atoms with Gasteiger partial charge in [0.1, 0.15) is 0 Å². The first-order chi connectivity index (χ1) is 15.3. The number of hydrogen-bond donors (Lipinski definition) is 0. The van der Waals surface area contributed by atoms with Gasteiger partial charge in [0.05, 0.1) is 11.6 Å². The van der Waals surface area contributed by atoms with Crippen molar-refractivity contribution in [1.82, 2.24) is 4.57 Å². The van der Waals surface area contributed by atoms with Crippen LogP contribution in [0.5, 0.6) is 0 Å². The summed E-state index contributed by atoms with van der Waals surface area (Å²) >= 11 is 1.93. The first-order valence-electron chi connectivity index (χ1n) is 10.7. The van der Waals surface area contributed by atoms with Gasteiger partial charge in [-0.1, -0.05) is 109 Å². The Labute approximate surface area is 188 Å². The second kappa shape index (κ2) is 8.87. The van der Waals surface area contributed by atoms with Gasteiger partial charge in [0.15, 0.2) is 0 Å². The van der Waals surface area contributed by atoms with Crippen molar-refractivity contribution in [2.75, 3.05) is 0 Å². The lowest BCUT2D eigenvalue weighted by molar-refractivity contribution is 0.701. The third-order valence-corrected chi connectivity index (χ3v) is 6.99. The standard InChI is InChI=1S/C29H25NS/c1-22(23-13-5-2-6-14-23)31-28-21-30(27-20-12-11-19-26(27)28)29(24-15-7-3-8-16-24)25-17-9-4-10-18-25/h2-22,29H,1H3. The van der Waals surface area contributed by atoms with Gasteiger partial charge >= 0.3 is 0 Å². The van der Waals surface area contributed by atoms with E-state index in [2.05, 4.69) is 133 Å². The molecule has 4 aromatic carbocycles. The largest absolute Gasteiger partial charge is 0.335 e. The Hall–Kier alpha value is -3.23. The molecule has 5 aromatic rings. The molecule has 0 saturated carbocycles. The molecule has 0 saturated heterocycles. The van der Waals surface area contributed by atoms with E-state index in [1.807, 2.05) is 11.8 Å². The van der Waals surface area contributed by atoms with Crippen molar-refractivity contribution in [3.63, 3.8) is 0 Å². The number of thioether (sulfide) groups is 1. The molecule has 0 fully saturated rings. The lowest BCUT2D eigenvalue weighted by atomic mass is 9.98. The maximum atomic E-state index is 2.44. The maximum Gasteiger partial charge on any atom is 0.0839 e. The summed E-state index contributed by atoms with van der Waals surface area (Å²) in [4.78, 5) is 1.32. The molecule has 152 valence electrons. The van der Waals surface area contributed by atoms with Gasteiger partial charge < -0.3 is 4.57 Å². The molecule has 0 aliphatic carbocycles. The molecule has 0 amide bonds. The van der Waals surface area contributed by atoms with Crippen molar-refractivity contribution in [3.05, 3.63) is 138 Å². The molecule has 0 spiro atoms. The Bertz CT molecular complexity index is 1220. The van der Waals surface area contributed by atoms with Gasteiger partial charge in [-0.05, 0) is 29.7 Å². The summed E-state index contributed by atoms with van der Waals surface area (Å²) < 4.78 is 2.44. The fraction of sp³-hybridized carbons (Fsp3) is 0.103. The van der Waals surface area contributed by atoms with E-state index >= 15 is 0 Å². The summed E-state index contributed by atoms with van der Waals surface area (Å²) in [5.74, 6) is 0. The van der Waals surface area contributed by atoms with Crippen LogP contribution in [0.2, 0.25) is 0 Å². The van der Waals surface area contributed by atoms with Gasteiger partial charge in [-0.25, -0.2) is 0 Å². The van der Waals surface area contributed by atoms with Gasteiger partial charge in [-0.15, -0.1) is 11.8 Å². The van der Waals surface area contributed by atoms with Crippen LogP contribution in [0.25, 0.3) is 10.9 Å². The van der Waals surface area contributed by atoms with Crippen LogP contribution >= 0.6 is 11.8 Å². The van der Waals surface area contributed by atoms with E-state index in [9.17, 15) is 0 Å². The quantitative estimate of drug-likeness (QED) is 0.251. The van der Waals surface area contributed by atoms with Crippen molar-refractivity contribution in [3.8, 4) is 0 Å². The number of aromatic nitrogens is 1. The number of nitrogens with zero attached hydrogens (tertiary/aromatic N) is 1. The molecule has 1 atom stereocenters. The van der Waals surface area contributed by atoms with E-state index in [0.717, 1.165) is 0 Å². The SMILES string of the molecule is CC(Sc1cn(C(c2ccccc2)c2ccccc2)c2ccccc12)c1ccccc1. The fourth-order valence-corrected chi connectivity index (χ4v) is 5.40. The monoisotopic (exact) mass is 419 g/mol. The predicted octanol–water partition coefficient (Wildman–Crippen LogP) is 8.13. The highest BCUT2D eigenvalue weighted by molar-refractivity contribution is 7.99. The van der Waals surface area contributed by atoms with E-state index in [0.29, 0.717) is 5.25 Å². The van der Waals surface area contributed by atoms with E-state index in [4.69, 9.17) is 0 Å². The molecule has 0 aliphatic rings. The Morgan fingerprint density at radius 3 is 1.65 bits per heavy atom. The van der Waals surface area contributed by atoms with Crippen molar-refractivity contribution < 1.29 is 0 Å². The van der Waals surface area contributed by atoms with E-state index in [-0.39, 0.29) is 6.04 Å². The van der Waals surface area contributed by atoms with Gasteiger partial charge in [0.25, 0.3) is 0 Å². The molecule has 0 aliphatic heterocycles. The van der Waals surface area contributed by atoms with Crippen molar-refractivity contribution in [2.45, 2.75) is 23.1 Å². The molecule has 5 rings (SSSR count). The second-order valence-electron chi connectivity index (χ2n) is 7.81. The second-order valence-corrected chi connectivity index (χ2v) is 9.20. The highest BCUT2D eigenvalue weighted by atomic mass is 32.2. The van der Waals surface area contributed by atoms with E-state index in [1.54, 1.807) is 0 Å². The minimum absolute atomic E-state index is 0.133. The Morgan fingerprint density at radius 2 is 1.06 bits per heavy atom. The van der Waals surface area contributed by atoms with Gasteiger partial charge in [0, 0.05) is 21.7 Å². The molecule has 31 heavy (non-hydrogen) atoms. The molecule has 0 radical (unpaired) electrons. The molecule has 1 unspecified atom stereocenters. The highest BCUT2D eigenvalue weighted by Gasteiger charge is 2.21. The topological polar surface area (TPSA) is 4.93 Å². The predicted molar refractivity (Wildman–Crippen MR) is 133 cm³/mol. The first kappa shape index (κ1) is 19.7. The maximum absolute atomic E-state index is 2.44. The van der Waals surface area contributed by atoms with Gasteiger partial charge in [-0.3, -0.25) is 0 Å².